The molecule has 1 fully saturated rings. The Morgan fingerprint density at radius 3 is 2.47 bits per heavy atom. The summed E-state index contributed by atoms with van der Waals surface area (Å²) in [7, 11) is -3.73. The lowest BCUT2D eigenvalue weighted by atomic mass is 9.94. The SMILES string of the molecule is Cc1ccc(NC(=O)CC2CCN(S(=O)(=O)c3ccc4c(c3)oc(=O)n4C(C)C)CC2)c(C)c1. The molecule has 0 aliphatic carbocycles. The summed E-state index contributed by atoms with van der Waals surface area (Å²) in [5.74, 6) is -0.430. The summed E-state index contributed by atoms with van der Waals surface area (Å²) >= 11 is 0. The first kappa shape index (κ1) is 24.2. The smallest absolute Gasteiger partial charge is 0.408 e. The molecule has 0 spiro atoms. The number of hydrogen-bond donors (Lipinski definition) is 1. The minimum atomic E-state index is -3.73. The van der Waals surface area contributed by atoms with Crippen molar-refractivity contribution in [3.8, 4) is 0 Å². The van der Waals surface area contributed by atoms with E-state index in [-0.39, 0.29) is 28.3 Å². The number of fused-ring (bicyclic) bond motifs is 1. The molecule has 9 heteroatoms. The first-order valence-corrected chi connectivity index (χ1v) is 13.0. The molecule has 182 valence electrons. The van der Waals surface area contributed by atoms with Crippen molar-refractivity contribution in [1.82, 2.24) is 8.87 Å². The van der Waals surface area contributed by atoms with Gasteiger partial charge in [-0.2, -0.15) is 4.31 Å². The zero-order chi connectivity index (χ0) is 24.6. The van der Waals surface area contributed by atoms with Gasteiger partial charge in [0.05, 0.1) is 10.4 Å². The summed E-state index contributed by atoms with van der Waals surface area (Å²) in [6.45, 7) is 8.40. The van der Waals surface area contributed by atoms with Crippen LogP contribution in [0.4, 0.5) is 5.69 Å². The summed E-state index contributed by atoms with van der Waals surface area (Å²) in [5, 5.41) is 2.97. The topological polar surface area (TPSA) is 102 Å². The number of hydrogen-bond acceptors (Lipinski definition) is 5. The Morgan fingerprint density at radius 2 is 1.82 bits per heavy atom. The maximum absolute atomic E-state index is 13.2. The molecular formula is C25H31N3O5S. The molecule has 34 heavy (non-hydrogen) atoms. The summed E-state index contributed by atoms with van der Waals surface area (Å²) in [6.07, 6.45) is 1.59. The highest BCUT2D eigenvalue weighted by atomic mass is 32.2. The Hall–Kier alpha value is -2.91. The average Bonchev–Trinajstić information content (AvgIpc) is 3.11. The van der Waals surface area contributed by atoms with Gasteiger partial charge in [-0.05, 0) is 70.2 Å². The quantitative estimate of drug-likeness (QED) is 0.563. The van der Waals surface area contributed by atoms with E-state index in [4.69, 9.17) is 4.42 Å². The van der Waals surface area contributed by atoms with Crippen molar-refractivity contribution in [2.24, 2.45) is 5.92 Å². The number of nitrogens with one attached hydrogen (secondary N) is 1. The third-order valence-corrected chi connectivity index (χ3v) is 8.34. The van der Waals surface area contributed by atoms with Gasteiger partial charge in [-0.3, -0.25) is 9.36 Å². The minimum absolute atomic E-state index is 0.0524. The van der Waals surface area contributed by atoms with Crippen LogP contribution in [-0.2, 0) is 14.8 Å². The molecule has 0 atom stereocenters. The average molecular weight is 486 g/mol. The van der Waals surface area contributed by atoms with Crippen molar-refractivity contribution in [2.75, 3.05) is 18.4 Å². The molecule has 2 heterocycles. The second-order valence-corrected chi connectivity index (χ2v) is 11.3. The number of anilines is 1. The zero-order valence-electron chi connectivity index (χ0n) is 20.0. The Morgan fingerprint density at radius 1 is 1.12 bits per heavy atom. The van der Waals surface area contributed by atoms with Crippen LogP contribution in [-0.4, -0.2) is 36.3 Å². The number of amides is 1. The molecule has 0 bridgehead atoms. The molecule has 1 amide bonds. The third kappa shape index (κ3) is 4.81. The monoisotopic (exact) mass is 485 g/mol. The van der Waals surface area contributed by atoms with Gasteiger partial charge in [-0.1, -0.05) is 17.7 Å². The van der Waals surface area contributed by atoms with Gasteiger partial charge >= 0.3 is 5.76 Å². The molecule has 8 nitrogen and oxygen atoms in total. The van der Waals surface area contributed by atoms with Crippen LogP contribution in [0.3, 0.4) is 0 Å². The van der Waals surface area contributed by atoms with Crippen LogP contribution < -0.4 is 11.1 Å². The predicted molar refractivity (Wildman–Crippen MR) is 132 cm³/mol. The molecule has 1 aliphatic rings. The number of aryl methyl sites for hydroxylation is 2. The van der Waals surface area contributed by atoms with Crippen LogP contribution >= 0.6 is 0 Å². The predicted octanol–water partition coefficient (Wildman–Crippen LogP) is 4.22. The maximum Gasteiger partial charge on any atom is 0.420 e. The summed E-state index contributed by atoms with van der Waals surface area (Å²) in [6, 6.07) is 10.4. The molecule has 0 unspecified atom stereocenters. The van der Waals surface area contributed by atoms with E-state index < -0.39 is 15.8 Å². The van der Waals surface area contributed by atoms with Gasteiger partial charge in [0.25, 0.3) is 0 Å². The van der Waals surface area contributed by atoms with Crippen LogP contribution in [0.5, 0.6) is 0 Å². The van der Waals surface area contributed by atoms with Gasteiger partial charge in [0.15, 0.2) is 5.58 Å². The van der Waals surface area contributed by atoms with E-state index in [0.29, 0.717) is 37.9 Å². The highest BCUT2D eigenvalue weighted by Crippen LogP contribution is 2.28. The third-order valence-electron chi connectivity index (χ3n) is 6.44. The van der Waals surface area contributed by atoms with Gasteiger partial charge < -0.3 is 9.73 Å². The lowest BCUT2D eigenvalue weighted by Gasteiger charge is -2.31. The Labute approximate surface area is 199 Å². The molecule has 3 aromatic rings. The van der Waals surface area contributed by atoms with E-state index in [1.54, 1.807) is 6.07 Å². The number of piperidine rings is 1. The van der Waals surface area contributed by atoms with Crippen molar-refractivity contribution in [3.63, 3.8) is 0 Å². The Kier molecular flexibility index (Phi) is 6.69. The highest BCUT2D eigenvalue weighted by Gasteiger charge is 2.31. The number of carbonyl (C=O) groups is 1. The van der Waals surface area contributed by atoms with Gasteiger partial charge in [-0.25, -0.2) is 13.2 Å². The molecule has 1 N–H and O–H groups in total. The van der Waals surface area contributed by atoms with Crippen LogP contribution in [0.15, 0.2) is 50.5 Å². The Bertz CT molecular complexity index is 1380. The van der Waals surface area contributed by atoms with Crippen LogP contribution in [0.25, 0.3) is 11.1 Å². The fourth-order valence-electron chi connectivity index (χ4n) is 4.59. The normalized spacial score (nSPS) is 15.8. The number of carbonyl (C=O) groups excluding carboxylic acids is 1. The van der Waals surface area contributed by atoms with E-state index in [0.717, 1.165) is 16.8 Å². The number of aromatic nitrogens is 1. The van der Waals surface area contributed by atoms with Crippen molar-refractivity contribution in [3.05, 3.63) is 58.1 Å². The lowest BCUT2D eigenvalue weighted by Crippen LogP contribution is -2.39. The summed E-state index contributed by atoms with van der Waals surface area (Å²) in [5.41, 5.74) is 3.81. The standard InChI is InChI=1S/C25H31N3O5S/c1-16(2)28-22-8-6-20(15-23(22)33-25(28)30)34(31,32)27-11-9-19(10-12-27)14-24(29)26-21-7-5-17(3)13-18(21)4/h5-8,13,15-16,19H,9-12,14H2,1-4H3,(H,26,29). The summed E-state index contributed by atoms with van der Waals surface area (Å²) in [4.78, 5) is 24.8. The first-order chi connectivity index (χ1) is 16.1. The van der Waals surface area contributed by atoms with Crippen molar-refractivity contribution in [2.45, 2.75) is 57.9 Å². The highest BCUT2D eigenvalue weighted by molar-refractivity contribution is 7.89. The van der Waals surface area contributed by atoms with Gasteiger partial charge in [0, 0.05) is 37.3 Å². The number of oxazole rings is 1. The molecule has 4 rings (SSSR count). The second kappa shape index (κ2) is 9.38. The molecule has 0 radical (unpaired) electrons. The van der Waals surface area contributed by atoms with Crippen LogP contribution in [0.2, 0.25) is 0 Å². The number of nitrogens with zero attached hydrogens (tertiary/aromatic N) is 2. The fourth-order valence-corrected chi connectivity index (χ4v) is 6.07. The van der Waals surface area contributed by atoms with Crippen LogP contribution in [0, 0.1) is 19.8 Å². The van der Waals surface area contributed by atoms with Crippen LogP contribution in [0.1, 0.15) is 50.3 Å². The molecule has 2 aromatic carbocycles. The van der Waals surface area contributed by atoms with Crippen molar-refractivity contribution >= 4 is 32.7 Å². The molecule has 0 saturated carbocycles. The molecule has 1 aliphatic heterocycles. The van der Waals surface area contributed by atoms with Crippen molar-refractivity contribution in [1.29, 1.82) is 0 Å². The summed E-state index contributed by atoms with van der Waals surface area (Å²) < 4.78 is 34.7. The van der Waals surface area contributed by atoms with E-state index in [2.05, 4.69) is 5.32 Å². The molecule has 1 saturated heterocycles. The van der Waals surface area contributed by atoms with E-state index in [1.165, 1.54) is 21.0 Å². The van der Waals surface area contributed by atoms with Gasteiger partial charge in [-0.15, -0.1) is 0 Å². The minimum Gasteiger partial charge on any atom is -0.408 e. The lowest BCUT2D eigenvalue weighted by molar-refractivity contribution is -0.117. The van der Waals surface area contributed by atoms with Crippen molar-refractivity contribution < 1.29 is 17.6 Å². The van der Waals surface area contributed by atoms with E-state index in [9.17, 15) is 18.0 Å². The number of sulfonamides is 1. The fraction of sp³-hybridized carbons (Fsp3) is 0.440. The first-order valence-electron chi connectivity index (χ1n) is 11.6. The zero-order valence-corrected chi connectivity index (χ0v) is 20.8. The number of rotatable bonds is 6. The second-order valence-electron chi connectivity index (χ2n) is 9.38. The van der Waals surface area contributed by atoms with Gasteiger partial charge in [0.1, 0.15) is 0 Å². The maximum atomic E-state index is 13.2. The largest absolute Gasteiger partial charge is 0.420 e. The van der Waals surface area contributed by atoms with Gasteiger partial charge in [0.2, 0.25) is 15.9 Å². The Balaban J connectivity index is 1.40. The molecule has 1 aromatic heterocycles. The van der Waals surface area contributed by atoms with E-state index >= 15 is 0 Å². The number of benzene rings is 2. The van der Waals surface area contributed by atoms with E-state index in [1.807, 2.05) is 45.9 Å². The molecular weight excluding hydrogens is 454 g/mol.